The molecular weight excluding hydrogens is 454 g/mol. The second-order valence-electron chi connectivity index (χ2n) is 6.77. The smallest absolute Gasteiger partial charge is 0.334 e. The van der Waals surface area contributed by atoms with Gasteiger partial charge in [0, 0.05) is 6.54 Å². The van der Waals surface area contributed by atoms with E-state index in [1.54, 1.807) is 31.2 Å². The van der Waals surface area contributed by atoms with Crippen molar-refractivity contribution in [3.63, 3.8) is 0 Å². The molecule has 12 nitrogen and oxygen atoms in total. The third-order valence-corrected chi connectivity index (χ3v) is 4.85. The van der Waals surface area contributed by atoms with Gasteiger partial charge in [-0.25, -0.2) is 14.9 Å². The van der Waals surface area contributed by atoms with Crippen molar-refractivity contribution in [3.05, 3.63) is 75.8 Å². The van der Waals surface area contributed by atoms with Crippen molar-refractivity contribution in [2.24, 2.45) is 16.5 Å². The molecule has 0 unspecified atom stereocenters. The number of esters is 1. The van der Waals surface area contributed by atoms with Gasteiger partial charge in [-0.05, 0) is 43.0 Å². The lowest BCUT2D eigenvalue weighted by Gasteiger charge is -2.13. The number of hydrogen-bond donors (Lipinski definition) is 4. The first kappa shape index (κ1) is 27.3. The van der Waals surface area contributed by atoms with Gasteiger partial charge in [-0.2, -0.15) is 8.42 Å². The SMILES string of the molecule is Cc1cccc(S(=O)(=O)O)c1.NC(N)=NCCC[C@H](N[N+](=O)[O-])C(=O)OCc1ccccc1. The van der Waals surface area contributed by atoms with E-state index in [0.717, 1.165) is 11.1 Å². The van der Waals surface area contributed by atoms with Gasteiger partial charge in [0.15, 0.2) is 17.0 Å². The fourth-order valence-electron chi connectivity index (χ4n) is 2.47. The Hall–Kier alpha value is -3.71. The van der Waals surface area contributed by atoms with E-state index in [1.165, 1.54) is 12.1 Å². The molecule has 0 aliphatic heterocycles. The minimum absolute atomic E-state index is 0.0579. The number of nitro groups is 1. The molecule has 0 radical (unpaired) electrons. The van der Waals surface area contributed by atoms with E-state index in [-0.39, 0.29) is 30.4 Å². The lowest BCUT2D eigenvalue weighted by Crippen LogP contribution is -2.41. The number of nitrogens with zero attached hydrogens (tertiary/aromatic N) is 2. The van der Waals surface area contributed by atoms with Crippen LogP contribution in [0, 0.1) is 17.0 Å². The number of carbonyl (C=O) groups excluding carboxylic acids is 1. The highest BCUT2D eigenvalue weighted by Crippen LogP contribution is 2.09. The van der Waals surface area contributed by atoms with Crippen LogP contribution >= 0.6 is 0 Å². The zero-order valence-electron chi connectivity index (χ0n) is 18.0. The summed E-state index contributed by atoms with van der Waals surface area (Å²) < 4.78 is 34.7. The first-order chi connectivity index (χ1) is 15.5. The first-order valence-corrected chi connectivity index (χ1v) is 11.1. The summed E-state index contributed by atoms with van der Waals surface area (Å²) in [5, 5.41) is 9.78. The maximum absolute atomic E-state index is 11.9. The number of aryl methyl sites for hydroxylation is 1. The average Bonchev–Trinajstić information content (AvgIpc) is 2.74. The highest BCUT2D eigenvalue weighted by molar-refractivity contribution is 7.85. The molecule has 2 aromatic rings. The topological polar surface area (TPSA) is 200 Å². The van der Waals surface area contributed by atoms with Gasteiger partial charge in [-0.1, -0.05) is 42.5 Å². The lowest BCUT2D eigenvalue weighted by atomic mass is 10.1. The molecule has 0 aromatic heterocycles. The second-order valence-corrected chi connectivity index (χ2v) is 8.19. The van der Waals surface area contributed by atoms with E-state index < -0.39 is 27.2 Å². The Bertz CT molecular complexity index is 1040. The lowest BCUT2D eigenvalue weighted by molar-refractivity contribution is -0.549. The highest BCUT2D eigenvalue weighted by Gasteiger charge is 2.24. The summed E-state index contributed by atoms with van der Waals surface area (Å²) in [4.78, 5) is 26.1. The minimum Gasteiger partial charge on any atom is -0.459 e. The van der Waals surface area contributed by atoms with Crippen LogP contribution in [-0.2, 0) is 26.3 Å². The van der Waals surface area contributed by atoms with E-state index in [2.05, 4.69) is 4.99 Å². The number of nitrogens with one attached hydrogen (secondary N) is 1. The third kappa shape index (κ3) is 12.0. The number of hydrogen-bond acceptors (Lipinski definition) is 7. The average molecular weight is 482 g/mol. The molecule has 2 aromatic carbocycles. The van der Waals surface area contributed by atoms with Crippen LogP contribution in [-0.4, -0.2) is 42.5 Å². The molecule has 0 saturated carbocycles. The fraction of sp³-hybridized carbons (Fsp3) is 0.300. The van der Waals surface area contributed by atoms with Crippen molar-refractivity contribution in [2.75, 3.05) is 6.54 Å². The van der Waals surface area contributed by atoms with Gasteiger partial charge in [0.2, 0.25) is 0 Å². The molecule has 1 atom stereocenters. The van der Waals surface area contributed by atoms with Crippen molar-refractivity contribution in [2.45, 2.75) is 37.3 Å². The van der Waals surface area contributed by atoms with Gasteiger partial charge in [0.05, 0.1) is 4.90 Å². The Morgan fingerprint density at radius 1 is 1.21 bits per heavy atom. The minimum atomic E-state index is -4.03. The van der Waals surface area contributed by atoms with Crippen molar-refractivity contribution in [3.8, 4) is 0 Å². The number of carbonyl (C=O) groups is 1. The molecule has 0 saturated heterocycles. The predicted octanol–water partition coefficient (Wildman–Crippen LogP) is 1.18. The fourth-order valence-corrected chi connectivity index (χ4v) is 3.06. The van der Waals surface area contributed by atoms with Crippen LogP contribution in [0.5, 0.6) is 0 Å². The van der Waals surface area contributed by atoms with Crippen LogP contribution in [0.15, 0.2) is 64.5 Å². The molecular formula is C20H27N5O7S. The number of ether oxygens (including phenoxy) is 1. The largest absolute Gasteiger partial charge is 0.459 e. The van der Waals surface area contributed by atoms with E-state index >= 15 is 0 Å². The zero-order valence-corrected chi connectivity index (χ0v) is 18.8. The Morgan fingerprint density at radius 3 is 2.39 bits per heavy atom. The maximum atomic E-state index is 11.9. The summed E-state index contributed by atoms with van der Waals surface area (Å²) >= 11 is 0. The Labute approximate surface area is 191 Å². The molecule has 0 fully saturated rings. The number of benzene rings is 2. The van der Waals surface area contributed by atoms with Gasteiger partial charge in [0.25, 0.3) is 10.1 Å². The van der Waals surface area contributed by atoms with E-state index in [1.807, 2.05) is 23.6 Å². The molecule has 2 rings (SSSR count). The quantitative estimate of drug-likeness (QED) is 0.0726. The monoisotopic (exact) mass is 481 g/mol. The molecule has 33 heavy (non-hydrogen) atoms. The van der Waals surface area contributed by atoms with Crippen LogP contribution in [0.1, 0.15) is 24.0 Å². The Kier molecular flexibility index (Phi) is 11.3. The van der Waals surface area contributed by atoms with Crippen molar-refractivity contribution in [1.29, 1.82) is 0 Å². The van der Waals surface area contributed by atoms with Gasteiger partial charge in [-0.3, -0.25) is 9.55 Å². The van der Waals surface area contributed by atoms with Crippen molar-refractivity contribution < 1.29 is 27.5 Å². The molecule has 180 valence electrons. The summed E-state index contributed by atoms with van der Waals surface area (Å²) in [7, 11) is -4.03. The van der Waals surface area contributed by atoms with E-state index in [0.29, 0.717) is 6.42 Å². The number of rotatable bonds is 10. The standard InChI is InChI=1S/C13H19N5O4.C7H8O3S/c14-13(15)16-8-4-7-11(17-18(20)21)12(19)22-9-10-5-2-1-3-6-10;1-6-3-2-4-7(5-6)11(8,9)10/h1-3,5-6,11,17H,4,7-9H2,(H4,14,15,16);2-5H,1H3,(H,8,9,10)/t11-;/m0./s1. The molecule has 13 heteroatoms. The third-order valence-electron chi connectivity index (χ3n) is 4.00. The Morgan fingerprint density at radius 2 is 1.88 bits per heavy atom. The van der Waals surface area contributed by atoms with Crippen LogP contribution < -0.4 is 16.9 Å². The molecule has 0 spiro atoms. The summed E-state index contributed by atoms with van der Waals surface area (Å²) in [5.74, 6) is -0.754. The molecule has 0 heterocycles. The number of nitrogens with two attached hydrogens (primary N) is 2. The van der Waals surface area contributed by atoms with Gasteiger partial charge < -0.3 is 16.2 Å². The van der Waals surface area contributed by atoms with Crippen molar-refractivity contribution >= 4 is 22.0 Å². The number of aliphatic imine (C=N–C) groups is 1. The summed E-state index contributed by atoms with van der Waals surface area (Å²) in [6.07, 6.45) is 0.592. The van der Waals surface area contributed by atoms with E-state index in [9.17, 15) is 23.3 Å². The molecule has 0 aliphatic carbocycles. The highest BCUT2D eigenvalue weighted by atomic mass is 32.2. The van der Waals surface area contributed by atoms with Crippen molar-refractivity contribution in [1.82, 2.24) is 5.43 Å². The van der Waals surface area contributed by atoms with Gasteiger partial charge in [-0.15, -0.1) is 5.43 Å². The van der Waals surface area contributed by atoms with Crippen LogP contribution in [0.4, 0.5) is 0 Å². The van der Waals surface area contributed by atoms with Crippen LogP contribution in [0.2, 0.25) is 0 Å². The summed E-state index contributed by atoms with van der Waals surface area (Å²) in [6.45, 7) is 2.10. The maximum Gasteiger partial charge on any atom is 0.334 e. The molecule has 0 amide bonds. The number of hydrazine groups is 1. The normalized spacial score (nSPS) is 11.3. The number of guanidine groups is 1. The second kappa shape index (κ2) is 13.6. The predicted molar refractivity (Wildman–Crippen MR) is 121 cm³/mol. The molecule has 0 aliphatic rings. The van der Waals surface area contributed by atoms with E-state index in [4.69, 9.17) is 20.8 Å². The zero-order chi connectivity index (χ0) is 24.9. The summed E-state index contributed by atoms with van der Waals surface area (Å²) in [6, 6.07) is 14.1. The first-order valence-electron chi connectivity index (χ1n) is 9.69. The summed E-state index contributed by atoms with van der Waals surface area (Å²) in [5.41, 5.74) is 13.9. The van der Waals surface area contributed by atoms with Crippen LogP contribution in [0.3, 0.4) is 0 Å². The molecule has 0 bridgehead atoms. The van der Waals surface area contributed by atoms with Crippen LogP contribution in [0.25, 0.3) is 0 Å². The molecule has 6 N–H and O–H groups in total. The van der Waals surface area contributed by atoms with Gasteiger partial charge >= 0.3 is 5.97 Å². The Balaban J connectivity index is 0.000000412. The van der Waals surface area contributed by atoms with Gasteiger partial charge in [0.1, 0.15) is 6.61 Å².